The molecule has 4 N–H and O–H groups in total. The number of aromatic nitrogens is 1. The number of urea groups is 1. The fourth-order valence-corrected chi connectivity index (χ4v) is 2.43. The molecule has 0 saturated carbocycles. The Morgan fingerprint density at radius 2 is 2.05 bits per heavy atom. The maximum atomic E-state index is 11.9. The highest BCUT2D eigenvalue weighted by Gasteiger charge is 2.09. The van der Waals surface area contributed by atoms with E-state index >= 15 is 0 Å². The first kappa shape index (κ1) is 15.0. The average Bonchev–Trinajstić information content (AvgIpc) is 2.87. The predicted octanol–water partition coefficient (Wildman–Crippen LogP) is 3.01. The third-order valence-corrected chi connectivity index (χ3v) is 3.93. The normalized spacial score (nSPS) is 10.4. The number of nitrogens with two attached hydrogens (primary N) is 1. The summed E-state index contributed by atoms with van der Waals surface area (Å²) in [6, 6.07) is 6.01. The van der Waals surface area contributed by atoms with Crippen LogP contribution in [0.4, 0.5) is 15.6 Å². The molecule has 1 aromatic carbocycles. The van der Waals surface area contributed by atoms with Crippen LogP contribution in [0, 0.1) is 0 Å². The molecule has 0 spiro atoms. The van der Waals surface area contributed by atoms with Gasteiger partial charge in [-0.25, -0.2) is 9.78 Å². The van der Waals surface area contributed by atoms with Gasteiger partial charge < -0.3 is 11.1 Å². The highest BCUT2D eigenvalue weighted by molar-refractivity contribution is 7.15. The average molecular weight is 304 g/mol. The topological polar surface area (TPSA) is 97.1 Å². The minimum absolute atomic E-state index is 0.337. The lowest BCUT2D eigenvalue weighted by molar-refractivity contribution is 0.100. The first-order valence-corrected chi connectivity index (χ1v) is 7.21. The first-order chi connectivity index (χ1) is 9.95. The Hall–Kier alpha value is -2.41. The van der Waals surface area contributed by atoms with Crippen molar-refractivity contribution in [1.29, 1.82) is 0 Å². The number of carbonyl (C=O) groups excluding carboxylic acids is 2. The Balaban J connectivity index is 2.01. The number of primary amides is 1. The molecule has 0 fully saturated rings. The van der Waals surface area contributed by atoms with Gasteiger partial charge in [-0.2, -0.15) is 0 Å². The van der Waals surface area contributed by atoms with E-state index in [1.165, 1.54) is 17.4 Å². The van der Waals surface area contributed by atoms with Gasteiger partial charge >= 0.3 is 6.03 Å². The van der Waals surface area contributed by atoms with Crippen molar-refractivity contribution in [3.05, 3.63) is 40.9 Å². The molecule has 1 aromatic heterocycles. The summed E-state index contributed by atoms with van der Waals surface area (Å²) < 4.78 is 0. The SMILES string of the molecule is CC(C)c1cnc(NC(=O)Nc2cccc(C(N)=O)c2)s1. The Bertz CT molecular complexity index is 666. The molecule has 0 bridgehead atoms. The number of rotatable bonds is 4. The van der Waals surface area contributed by atoms with Crippen LogP contribution in [0.1, 0.15) is 35.0 Å². The molecular formula is C14H16N4O2S. The van der Waals surface area contributed by atoms with Gasteiger partial charge in [0.05, 0.1) is 0 Å². The summed E-state index contributed by atoms with van der Waals surface area (Å²) in [6.07, 6.45) is 1.75. The third-order valence-electron chi connectivity index (χ3n) is 2.72. The highest BCUT2D eigenvalue weighted by Crippen LogP contribution is 2.25. The number of hydrogen-bond donors (Lipinski definition) is 3. The number of nitrogens with zero attached hydrogens (tertiary/aromatic N) is 1. The molecule has 0 aliphatic carbocycles. The van der Waals surface area contributed by atoms with Gasteiger partial charge in [-0.3, -0.25) is 10.1 Å². The van der Waals surface area contributed by atoms with Crippen molar-refractivity contribution in [3.63, 3.8) is 0 Å². The lowest BCUT2D eigenvalue weighted by Gasteiger charge is -2.06. The van der Waals surface area contributed by atoms with Gasteiger partial charge in [0.25, 0.3) is 0 Å². The summed E-state index contributed by atoms with van der Waals surface area (Å²) >= 11 is 1.43. The van der Waals surface area contributed by atoms with E-state index in [0.29, 0.717) is 22.3 Å². The first-order valence-electron chi connectivity index (χ1n) is 6.39. The lowest BCUT2D eigenvalue weighted by atomic mass is 10.2. The van der Waals surface area contributed by atoms with Crippen LogP contribution in [-0.4, -0.2) is 16.9 Å². The van der Waals surface area contributed by atoms with Crippen LogP contribution in [0.5, 0.6) is 0 Å². The molecule has 0 saturated heterocycles. The summed E-state index contributed by atoms with van der Waals surface area (Å²) in [4.78, 5) is 28.2. The minimum atomic E-state index is -0.541. The van der Waals surface area contributed by atoms with Crippen LogP contribution in [0.2, 0.25) is 0 Å². The van der Waals surface area contributed by atoms with Crippen molar-refractivity contribution >= 4 is 34.1 Å². The van der Waals surface area contributed by atoms with Gasteiger partial charge in [-0.05, 0) is 24.1 Å². The van der Waals surface area contributed by atoms with E-state index < -0.39 is 11.9 Å². The van der Waals surface area contributed by atoms with Gasteiger partial charge in [-0.15, -0.1) is 11.3 Å². The molecule has 2 aromatic rings. The molecule has 6 nitrogen and oxygen atoms in total. The monoisotopic (exact) mass is 304 g/mol. The van der Waals surface area contributed by atoms with E-state index in [4.69, 9.17) is 5.73 Å². The minimum Gasteiger partial charge on any atom is -0.366 e. The summed E-state index contributed by atoms with van der Waals surface area (Å²) in [7, 11) is 0. The second kappa shape index (κ2) is 6.36. The number of thiazole rings is 1. The number of amides is 3. The molecule has 1 heterocycles. The summed E-state index contributed by atoms with van der Waals surface area (Å²) in [5.41, 5.74) is 6.02. The Morgan fingerprint density at radius 3 is 2.67 bits per heavy atom. The fourth-order valence-electron chi connectivity index (χ4n) is 1.62. The van der Waals surface area contributed by atoms with Crippen LogP contribution in [0.3, 0.4) is 0 Å². The third kappa shape index (κ3) is 4.03. The summed E-state index contributed by atoms with van der Waals surface area (Å²) in [6.45, 7) is 4.12. The van der Waals surface area contributed by atoms with Gasteiger partial charge in [0.2, 0.25) is 5.91 Å². The maximum Gasteiger partial charge on any atom is 0.325 e. The zero-order valence-corrected chi connectivity index (χ0v) is 12.5. The Morgan fingerprint density at radius 1 is 1.29 bits per heavy atom. The predicted molar refractivity (Wildman–Crippen MR) is 83.8 cm³/mol. The summed E-state index contributed by atoms with van der Waals surface area (Å²) in [5, 5.41) is 5.82. The number of anilines is 2. The molecule has 0 aliphatic heterocycles. The van der Waals surface area contributed by atoms with Crippen molar-refractivity contribution < 1.29 is 9.59 Å². The van der Waals surface area contributed by atoms with Crippen LogP contribution < -0.4 is 16.4 Å². The molecule has 110 valence electrons. The zero-order chi connectivity index (χ0) is 15.4. The van der Waals surface area contributed by atoms with Gasteiger partial charge in [0.15, 0.2) is 5.13 Å². The largest absolute Gasteiger partial charge is 0.366 e. The number of nitrogens with one attached hydrogen (secondary N) is 2. The van der Waals surface area contributed by atoms with E-state index in [0.717, 1.165) is 4.88 Å². The van der Waals surface area contributed by atoms with E-state index in [9.17, 15) is 9.59 Å². The fraction of sp³-hybridized carbons (Fsp3) is 0.214. The molecule has 21 heavy (non-hydrogen) atoms. The van der Waals surface area contributed by atoms with E-state index in [1.54, 1.807) is 24.4 Å². The molecule has 2 rings (SSSR count). The molecular weight excluding hydrogens is 288 g/mol. The van der Waals surface area contributed by atoms with Crippen molar-refractivity contribution in [1.82, 2.24) is 4.98 Å². The van der Waals surface area contributed by atoms with Gasteiger partial charge in [0.1, 0.15) is 0 Å². The molecule has 7 heteroatoms. The maximum absolute atomic E-state index is 11.9. The van der Waals surface area contributed by atoms with Crippen LogP contribution in [-0.2, 0) is 0 Å². The molecule has 3 amide bonds. The number of carbonyl (C=O) groups is 2. The summed E-state index contributed by atoms with van der Waals surface area (Å²) in [5.74, 6) is -0.172. The Labute approximate surface area is 126 Å². The Kier molecular flexibility index (Phi) is 4.54. The van der Waals surface area contributed by atoms with Gasteiger partial charge in [0, 0.05) is 22.3 Å². The van der Waals surface area contributed by atoms with Crippen molar-refractivity contribution in [2.75, 3.05) is 10.6 Å². The van der Waals surface area contributed by atoms with E-state index in [1.807, 2.05) is 0 Å². The molecule has 0 unspecified atom stereocenters. The van der Waals surface area contributed by atoms with Crippen LogP contribution in [0.15, 0.2) is 30.5 Å². The second-order valence-corrected chi connectivity index (χ2v) is 5.81. The number of benzene rings is 1. The second-order valence-electron chi connectivity index (χ2n) is 4.75. The smallest absolute Gasteiger partial charge is 0.325 e. The van der Waals surface area contributed by atoms with E-state index in [2.05, 4.69) is 29.5 Å². The van der Waals surface area contributed by atoms with Crippen molar-refractivity contribution in [2.24, 2.45) is 5.73 Å². The van der Waals surface area contributed by atoms with Gasteiger partial charge in [-0.1, -0.05) is 19.9 Å². The van der Waals surface area contributed by atoms with Crippen molar-refractivity contribution in [3.8, 4) is 0 Å². The zero-order valence-electron chi connectivity index (χ0n) is 11.7. The number of hydrogen-bond acceptors (Lipinski definition) is 4. The van der Waals surface area contributed by atoms with Crippen LogP contribution in [0.25, 0.3) is 0 Å². The van der Waals surface area contributed by atoms with Crippen molar-refractivity contribution in [2.45, 2.75) is 19.8 Å². The quantitative estimate of drug-likeness (QED) is 0.810. The molecule has 0 radical (unpaired) electrons. The van der Waals surface area contributed by atoms with E-state index in [-0.39, 0.29) is 0 Å². The lowest BCUT2D eigenvalue weighted by Crippen LogP contribution is -2.19. The van der Waals surface area contributed by atoms with Crippen LogP contribution >= 0.6 is 11.3 Å². The standard InChI is InChI=1S/C14H16N4O2S/c1-8(2)11-7-16-14(21-11)18-13(20)17-10-5-3-4-9(6-10)12(15)19/h3-8H,1-2H3,(H2,15,19)(H2,16,17,18,20). The molecule has 0 aliphatic rings. The molecule has 0 atom stereocenters. The highest BCUT2D eigenvalue weighted by atomic mass is 32.1.